The Bertz CT molecular complexity index is 181. The van der Waals surface area contributed by atoms with Crippen LogP contribution in [0.3, 0.4) is 0 Å². The third-order valence-electron chi connectivity index (χ3n) is 0.642. The quantitative estimate of drug-likeness (QED) is 0.325. The van der Waals surface area contributed by atoms with Crippen LogP contribution in [-0.2, 0) is 6.18 Å². The van der Waals surface area contributed by atoms with Crippen LogP contribution < -0.4 is 18.9 Å². The standard InChI is InChI=1S/C3HF3N3.Li/c4-3(5,6)2-7-1-8-9-2;/h(H,7,8,9);/q-1;+1. The van der Waals surface area contributed by atoms with E-state index in [1.165, 1.54) is 0 Å². The first-order valence-corrected chi connectivity index (χ1v) is 1.96. The summed E-state index contributed by atoms with van der Waals surface area (Å²) in [7, 11) is 0. The van der Waals surface area contributed by atoms with Gasteiger partial charge in [-0.1, -0.05) is 0 Å². The molecule has 1 aromatic heterocycles. The molecular formula is C3HF3LiN3. The Hall–Kier alpha value is -0.473. The number of nitrogens with one attached hydrogen (secondary N) is 1. The maximum atomic E-state index is 11.5. The van der Waals surface area contributed by atoms with Crippen molar-refractivity contribution < 1.29 is 32.0 Å². The summed E-state index contributed by atoms with van der Waals surface area (Å²) in [5.41, 5.74) is 0. The predicted octanol–water partition coefficient (Wildman–Crippen LogP) is -2.37. The van der Waals surface area contributed by atoms with Gasteiger partial charge in [-0.05, 0) is 6.33 Å². The molecule has 1 heterocycles. The first-order valence-electron chi connectivity index (χ1n) is 1.96. The van der Waals surface area contributed by atoms with Crippen LogP contribution in [0.15, 0.2) is 0 Å². The number of aromatic nitrogens is 3. The average Bonchev–Trinajstić information content (AvgIpc) is 2.08. The van der Waals surface area contributed by atoms with Crippen LogP contribution in [0.25, 0.3) is 0 Å². The van der Waals surface area contributed by atoms with E-state index < -0.39 is 12.0 Å². The number of nitrogens with zero attached hydrogens (tertiary/aromatic N) is 2. The van der Waals surface area contributed by atoms with Crippen molar-refractivity contribution in [2.45, 2.75) is 6.18 Å². The van der Waals surface area contributed by atoms with E-state index in [9.17, 15) is 13.2 Å². The van der Waals surface area contributed by atoms with Gasteiger partial charge in [0.2, 0.25) is 0 Å². The largest absolute Gasteiger partial charge is 1.00 e. The second kappa shape index (κ2) is 3.08. The zero-order valence-corrected chi connectivity index (χ0v) is 5.03. The molecule has 0 unspecified atom stereocenters. The SMILES string of the molecule is FC(F)(F)c1n[c-]n[nH]1.[Li+]. The monoisotopic (exact) mass is 143 g/mol. The number of H-pyrrole nitrogens is 1. The van der Waals surface area contributed by atoms with Gasteiger partial charge in [0, 0.05) is 0 Å². The summed E-state index contributed by atoms with van der Waals surface area (Å²) in [6, 6.07) is 0. The first-order chi connectivity index (χ1) is 4.11. The Morgan fingerprint density at radius 1 is 1.40 bits per heavy atom. The van der Waals surface area contributed by atoms with Crippen LogP contribution in [0, 0.1) is 6.33 Å². The molecule has 0 aromatic carbocycles. The van der Waals surface area contributed by atoms with Gasteiger partial charge in [-0.3, -0.25) is 5.10 Å². The molecule has 0 aliphatic carbocycles. The fraction of sp³-hybridized carbons (Fsp3) is 0.333. The number of halogens is 3. The fourth-order valence-electron chi connectivity index (χ4n) is 0.305. The van der Waals surface area contributed by atoms with Gasteiger partial charge in [-0.25, -0.2) is 0 Å². The molecule has 50 valence electrons. The molecule has 0 saturated heterocycles. The molecule has 0 spiro atoms. The predicted molar refractivity (Wildman–Crippen MR) is 20.2 cm³/mol. The van der Waals surface area contributed by atoms with Crippen molar-refractivity contribution in [3.05, 3.63) is 12.2 Å². The van der Waals surface area contributed by atoms with Crippen LogP contribution in [0.5, 0.6) is 0 Å². The summed E-state index contributed by atoms with van der Waals surface area (Å²) < 4.78 is 34.4. The van der Waals surface area contributed by atoms with Crippen LogP contribution in [0.2, 0.25) is 0 Å². The molecule has 1 rings (SSSR count). The zero-order valence-electron chi connectivity index (χ0n) is 5.03. The van der Waals surface area contributed by atoms with Crippen molar-refractivity contribution in [2.24, 2.45) is 0 Å². The molecule has 0 fully saturated rings. The summed E-state index contributed by atoms with van der Waals surface area (Å²) in [5.74, 6) is -1.12. The van der Waals surface area contributed by atoms with Crippen molar-refractivity contribution in [3.8, 4) is 0 Å². The van der Waals surface area contributed by atoms with Gasteiger partial charge in [0.05, 0.1) is 5.82 Å². The summed E-state index contributed by atoms with van der Waals surface area (Å²) in [6.07, 6.45) is -2.68. The third-order valence-corrected chi connectivity index (χ3v) is 0.642. The van der Waals surface area contributed by atoms with Crippen molar-refractivity contribution >= 4 is 0 Å². The number of hydrogen-bond donors (Lipinski definition) is 1. The molecular weight excluding hydrogens is 142 g/mol. The van der Waals surface area contributed by atoms with Crippen molar-refractivity contribution in [3.63, 3.8) is 0 Å². The molecule has 3 nitrogen and oxygen atoms in total. The molecule has 7 heteroatoms. The molecule has 0 radical (unpaired) electrons. The molecule has 0 bridgehead atoms. The minimum absolute atomic E-state index is 0. The summed E-state index contributed by atoms with van der Waals surface area (Å²) in [4.78, 5) is 2.77. The zero-order chi connectivity index (χ0) is 6.91. The fourth-order valence-corrected chi connectivity index (χ4v) is 0.305. The van der Waals surface area contributed by atoms with E-state index in [0.717, 1.165) is 0 Å². The number of aromatic amines is 1. The molecule has 0 amide bonds. The summed E-state index contributed by atoms with van der Waals surface area (Å²) in [5, 5.41) is 4.54. The second-order valence-electron chi connectivity index (χ2n) is 1.28. The van der Waals surface area contributed by atoms with E-state index in [1.807, 2.05) is 0 Å². The van der Waals surface area contributed by atoms with Gasteiger partial charge in [-0.2, -0.15) is 13.2 Å². The summed E-state index contributed by atoms with van der Waals surface area (Å²) in [6.45, 7) is 0. The molecule has 0 aliphatic heterocycles. The van der Waals surface area contributed by atoms with Gasteiger partial charge in [0.1, 0.15) is 0 Å². The van der Waals surface area contributed by atoms with Crippen molar-refractivity contribution in [2.75, 3.05) is 0 Å². The van der Waals surface area contributed by atoms with E-state index in [4.69, 9.17) is 0 Å². The smallest absolute Gasteiger partial charge is 0.411 e. The molecule has 10 heavy (non-hydrogen) atoms. The Balaban J connectivity index is 0.000000810. The van der Waals surface area contributed by atoms with Gasteiger partial charge in [0.25, 0.3) is 0 Å². The van der Waals surface area contributed by atoms with Crippen LogP contribution in [0.4, 0.5) is 13.2 Å². The van der Waals surface area contributed by atoms with Crippen molar-refractivity contribution in [1.29, 1.82) is 0 Å². The number of rotatable bonds is 0. The second-order valence-corrected chi connectivity index (χ2v) is 1.28. The minimum Gasteiger partial charge on any atom is -0.411 e. The topological polar surface area (TPSA) is 41.6 Å². The van der Waals surface area contributed by atoms with E-state index >= 15 is 0 Å². The molecule has 1 aromatic rings. The normalized spacial score (nSPS) is 10.7. The van der Waals surface area contributed by atoms with E-state index in [2.05, 4.69) is 10.1 Å². The third kappa shape index (κ3) is 2.04. The maximum absolute atomic E-state index is 11.5. The van der Waals surface area contributed by atoms with Crippen LogP contribution in [-0.4, -0.2) is 15.2 Å². The molecule has 0 aliphatic rings. The first kappa shape index (κ1) is 9.53. The van der Waals surface area contributed by atoms with Crippen LogP contribution >= 0.6 is 0 Å². The summed E-state index contributed by atoms with van der Waals surface area (Å²) >= 11 is 0. The van der Waals surface area contributed by atoms with Gasteiger partial charge >= 0.3 is 25.0 Å². The Kier molecular flexibility index (Phi) is 2.93. The van der Waals surface area contributed by atoms with E-state index in [-0.39, 0.29) is 18.9 Å². The van der Waals surface area contributed by atoms with E-state index in [1.54, 1.807) is 11.4 Å². The molecule has 1 N–H and O–H groups in total. The van der Waals surface area contributed by atoms with Gasteiger partial charge in [-0.15, -0.1) is 0 Å². The minimum atomic E-state index is -4.44. The van der Waals surface area contributed by atoms with Crippen LogP contribution in [0.1, 0.15) is 5.82 Å². The Labute approximate surface area is 66.2 Å². The van der Waals surface area contributed by atoms with Gasteiger partial charge < -0.3 is 10.1 Å². The number of alkyl halides is 3. The Morgan fingerprint density at radius 3 is 2.20 bits per heavy atom. The molecule has 0 atom stereocenters. The average molecular weight is 143 g/mol. The van der Waals surface area contributed by atoms with Gasteiger partial charge in [0.15, 0.2) is 0 Å². The molecule has 0 saturated carbocycles. The maximum Gasteiger partial charge on any atom is 1.00 e. The van der Waals surface area contributed by atoms with E-state index in [0.29, 0.717) is 0 Å². The van der Waals surface area contributed by atoms with Crippen molar-refractivity contribution in [1.82, 2.24) is 15.2 Å². The number of hydrogen-bond acceptors (Lipinski definition) is 2. The Morgan fingerprint density at radius 2 is 2.00 bits per heavy atom.